The molecule has 3 aromatic rings. The standard InChI is InChI=1S/C16H19N3OS/c1-10-18-13-7-11(5-6-14(13)20-10)17-8-12-9-21-15(19-12)16(2,3)4/h5-7,9,17H,8H2,1-4H3. The number of rotatable bonds is 3. The third-order valence-electron chi connectivity index (χ3n) is 3.16. The van der Waals surface area contributed by atoms with Gasteiger partial charge in [-0.2, -0.15) is 0 Å². The first-order valence-corrected chi connectivity index (χ1v) is 7.86. The second-order valence-electron chi connectivity index (χ2n) is 6.16. The highest BCUT2D eigenvalue weighted by atomic mass is 32.1. The molecule has 110 valence electrons. The summed E-state index contributed by atoms with van der Waals surface area (Å²) in [6, 6.07) is 5.95. The van der Waals surface area contributed by atoms with E-state index in [1.165, 1.54) is 5.01 Å². The van der Waals surface area contributed by atoms with Crippen molar-refractivity contribution in [3.8, 4) is 0 Å². The van der Waals surface area contributed by atoms with Gasteiger partial charge in [-0.05, 0) is 18.2 Å². The Morgan fingerprint density at radius 2 is 2.05 bits per heavy atom. The van der Waals surface area contributed by atoms with Crippen molar-refractivity contribution in [3.05, 3.63) is 40.2 Å². The fourth-order valence-electron chi connectivity index (χ4n) is 2.08. The number of aryl methyl sites for hydroxylation is 1. The molecule has 0 aliphatic heterocycles. The fourth-order valence-corrected chi connectivity index (χ4v) is 2.99. The van der Waals surface area contributed by atoms with Crippen molar-refractivity contribution in [2.75, 3.05) is 5.32 Å². The molecular weight excluding hydrogens is 282 g/mol. The fraction of sp³-hybridized carbons (Fsp3) is 0.375. The van der Waals surface area contributed by atoms with Gasteiger partial charge in [0.15, 0.2) is 11.5 Å². The molecule has 1 N–H and O–H groups in total. The van der Waals surface area contributed by atoms with Gasteiger partial charge in [-0.3, -0.25) is 0 Å². The molecule has 0 aliphatic rings. The predicted octanol–water partition coefficient (Wildman–Crippen LogP) is 4.50. The summed E-state index contributed by atoms with van der Waals surface area (Å²) >= 11 is 1.72. The number of fused-ring (bicyclic) bond motifs is 1. The molecule has 1 aromatic carbocycles. The Bertz CT molecular complexity index is 767. The summed E-state index contributed by atoms with van der Waals surface area (Å²) in [5.41, 5.74) is 3.91. The van der Waals surface area contributed by atoms with Gasteiger partial charge in [0.05, 0.1) is 17.2 Å². The minimum atomic E-state index is 0.111. The molecule has 21 heavy (non-hydrogen) atoms. The summed E-state index contributed by atoms with van der Waals surface area (Å²) in [6.45, 7) is 9.13. The molecule has 0 saturated carbocycles. The molecule has 0 atom stereocenters. The van der Waals surface area contributed by atoms with Crippen LogP contribution in [-0.4, -0.2) is 9.97 Å². The quantitative estimate of drug-likeness (QED) is 0.773. The summed E-state index contributed by atoms with van der Waals surface area (Å²) in [5.74, 6) is 0.691. The first kappa shape index (κ1) is 14.1. The van der Waals surface area contributed by atoms with Crippen molar-refractivity contribution < 1.29 is 4.42 Å². The zero-order valence-electron chi connectivity index (χ0n) is 12.7. The highest BCUT2D eigenvalue weighted by molar-refractivity contribution is 7.09. The van der Waals surface area contributed by atoms with Gasteiger partial charge in [-0.25, -0.2) is 9.97 Å². The predicted molar refractivity (Wildman–Crippen MR) is 86.9 cm³/mol. The SMILES string of the molecule is Cc1nc2cc(NCc3csc(C(C)(C)C)n3)ccc2o1. The molecule has 0 amide bonds. The Morgan fingerprint density at radius 3 is 2.76 bits per heavy atom. The van der Waals surface area contributed by atoms with Crippen LogP contribution in [0.15, 0.2) is 28.0 Å². The molecule has 0 fully saturated rings. The number of benzene rings is 1. The third-order valence-corrected chi connectivity index (χ3v) is 4.48. The molecule has 2 heterocycles. The van der Waals surface area contributed by atoms with Crippen LogP contribution in [0, 0.1) is 6.92 Å². The number of aromatic nitrogens is 2. The van der Waals surface area contributed by atoms with Crippen molar-refractivity contribution in [1.29, 1.82) is 0 Å². The monoisotopic (exact) mass is 301 g/mol. The zero-order valence-corrected chi connectivity index (χ0v) is 13.5. The lowest BCUT2D eigenvalue weighted by Crippen LogP contribution is -2.11. The highest BCUT2D eigenvalue weighted by Crippen LogP contribution is 2.26. The van der Waals surface area contributed by atoms with Crippen LogP contribution in [-0.2, 0) is 12.0 Å². The summed E-state index contributed by atoms with van der Waals surface area (Å²) in [7, 11) is 0. The lowest BCUT2D eigenvalue weighted by atomic mass is 9.98. The Labute approximate surface area is 128 Å². The molecule has 0 saturated heterocycles. The molecule has 5 heteroatoms. The molecule has 0 bridgehead atoms. The van der Waals surface area contributed by atoms with Gasteiger partial charge in [0.25, 0.3) is 0 Å². The lowest BCUT2D eigenvalue weighted by Gasteiger charge is -2.13. The van der Waals surface area contributed by atoms with E-state index in [4.69, 9.17) is 4.42 Å². The number of anilines is 1. The van der Waals surface area contributed by atoms with Crippen molar-refractivity contribution in [3.63, 3.8) is 0 Å². The Morgan fingerprint density at radius 1 is 1.24 bits per heavy atom. The van der Waals surface area contributed by atoms with Gasteiger partial charge in [0, 0.05) is 23.4 Å². The van der Waals surface area contributed by atoms with Crippen LogP contribution in [0.4, 0.5) is 5.69 Å². The summed E-state index contributed by atoms with van der Waals surface area (Å²) in [6.07, 6.45) is 0. The van der Waals surface area contributed by atoms with Crippen molar-refractivity contribution in [2.24, 2.45) is 0 Å². The van der Waals surface area contributed by atoms with E-state index in [9.17, 15) is 0 Å². The minimum absolute atomic E-state index is 0.111. The first-order chi connectivity index (χ1) is 9.91. The van der Waals surface area contributed by atoms with Crippen LogP contribution in [0.25, 0.3) is 11.1 Å². The largest absolute Gasteiger partial charge is 0.441 e. The van der Waals surface area contributed by atoms with E-state index >= 15 is 0 Å². The average molecular weight is 301 g/mol. The highest BCUT2D eigenvalue weighted by Gasteiger charge is 2.17. The number of oxazole rings is 1. The van der Waals surface area contributed by atoms with Crippen LogP contribution in [0.1, 0.15) is 37.4 Å². The van der Waals surface area contributed by atoms with E-state index in [1.807, 2.05) is 25.1 Å². The van der Waals surface area contributed by atoms with Gasteiger partial charge in [0.2, 0.25) is 0 Å². The first-order valence-electron chi connectivity index (χ1n) is 6.98. The second-order valence-corrected chi connectivity index (χ2v) is 7.02. The summed E-state index contributed by atoms with van der Waals surface area (Å²) in [5, 5.41) is 6.68. The Kier molecular flexibility index (Phi) is 3.45. The second kappa shape index (κ2) is 5.15. The number of nitrogens with zero attached hydrogens (tertiary/aromatic N) is 2. The average Bonchev–Trinajstić information content (AvgIpc) is 3.00. The normalized spacial score (nSPS) is 12.0. The van der Waals surface area contributed by atoms with E-state index in [1.54, 1.807) is 11.3 Å². The molecule has 0 radical (unpaired) electrons. The molecule has 4 nitrogen and oxygen atoms in total. The number of nitrogens with one attached hydrogen (secondary N) is 1. The van der Waals surface area contributed by atoms with Crippen molar-refractivity contribution in [2.45, 2.75) is 39.7 Å². The van der Waals surface area contributed by atoms with Crippen molar-refractivity contribution in [1.82, 2.24) is 9.97 Å². The topological polar surface area (TPSA) is 51.0 Å². The van der Waals surface area contributed by atoms with Crippen LogP contribution < -0.4 is 5.32 Å². The Balaban J connectivity index is 1.72. The third kappa shape index (κ3) is 3.08. The lowest BCUT2D eigenvalue weighted by molar-refractivity contribution is 0.561. The number of hydrogen-bond acceptors (Lipinski definition) is 5. The van der Waals surface area contributed by atoms with E-state index in [2.05, 4.69) is 41.4 Å². The summed E-state index contributed by atoms with van der Waals surface area (Å²) in [4.78, 5) is 9.03. The van der Waals surface area contributed by atoms with E-state index in [0.29, 0.717) is 5.89 Å². The number of hydrogen-bond donors (Lipinski definition) is 1. The van der Waals surface area contributed by atoms with Gasteiger partial charge < -0.3 is 9.73 Å². The van der Waals surface area contributed by atoms with Crippen molar-refractivity contribution >= 4 is 28.1 Å². The Hall–Kier alpha value is -1.88. The van der Waals surface area contributed by atoms with Crippen LogP contribution in [0.2, 0.25) is 0 Å². The minimum Gasteiger partial charge on any atom is -0.441 e. The van der Waals surface area contributed by atoms with Crippen LogP contribution >= 0.6 is 11.3 Å². The molecule has 0 spiro atoms. The number of thiazole rings is 1. The van der Waals surface area contributed by atoms with E-state index in [-0.39, 0.29) is 5.41 Å². The maximum atomic E-state index is 5.48. The smallest absolute Gasteiger partial charge is 0.192 e. The van der Waals surface area contributed by atoms with Crippen LogP contribution in [0.3, 0.4) is 0 Å². The molecule has 3 rings (SSSR count). The van der Waals surface area contributed by atoms with Crippen LogP contribution in [0.5, 0.6) is 0 Å². The maximum Gasteiger partial charge on any atom is 0.192 e. The molecule has 0 unspecified atom stereocenters. The van der Waals surface area contributed by atoms with Gasteiger partial charge in [-0.15, -0.1) is 11.3 Å². The van der Waals surface area contributed by atoms with Gasteiger partial charge in [-0.1, -0.05) is 20.8 Å². The van der Waals surface area contributed by atoms with Gasteiger partial charge in [0.1, 0.15) is 5.52 Å². The molecule has 2 aromatic heterocycles. The molecule has 0 aliphatic carbocycles. The maximum absolute atomic E-state index is 5.48. The van der Waals surface area contributed by atoms with E-state index in [0.717, 1.165) is 29.0 Å². The van der Waals surface area contributed by atoms with Gasteiger partial charge >= 0.3 is 0 Å². The zero-order chi connectivity index (χ0) is 15.0. The summed E-state index contributed by atoms with van der Waals surface area (Å²) < 4.78 is 5.48. The van der Waals surface area contributed by atoms with E-state index < -0.39 is 0 Å². The molecular formula is C16H19N3OS.